The number of hydrogen-bond acceptors (Lipinski definition) is 12. The molecule has 2 aliphatic rings. The van der Waals surface area contributed by atoms with Gasteiger partial charge in [0.25, 0.3) is 0 Å². The van der Waals surface area contributed by atoms with Crippen LogP contribution in [0.4, 0.5) is 19.0 Å². The first-order chi connectivity index (χ1) is 22.2. The lowest BCUT2D eigenvalue weighted by Gasteiger charge is -2.30. The molecule has 5 rings (SSSR count). The Morgan fingerprint density at radius 1 is 1.23 bits per heavy atom. The van der Waals surface area contributed by atoms with Gasteiger partial charge in [-0.1, -0.05) is 18.2 Å². The van der Waals surface area contributed by atoms with Crippen molar-refractivity contribution < 1.29 is 51.3 Å². The minimum atomic E-state index is -4.56. The Balaban J connectivity index is 1.28. The highest BCUT2D eigenvalue weighted by Gasteiger charge is 2.57. The van der Waals surface area contributed by atoms with E-state index in [-0.39, 0.29) is 55.5 Å². The van der Waals surface area contributed by atoms with E-state index in [0.717, 1.165) is 0 Å². The molecule has 1 aliphatic heterocycles. The number of esters is 1. The summed E-state index contributed by atoms with van der Waals surface area (Å²) < 4.78 is 76.8. The Hall–Kier alpha value is -3.78. The summed E-state index contributed by atoms with van der Waals surface area (Å²) in [6.45, 7) is 0.307. The van der Waals surface area contributed by atoms with Crippen LogP contribution in [0.5, 0.6) is 5.75 Å². The summed E-state index contributed by atoms with van der Waals surface area (Å²) in [5, 5.41) is 38.6. The second kappa shape index (κ2) is 13.8. The Morgan fingerprint density at radius 3 is 2.60 bits per heavy atom. The number of nitrogen functional groups attached to an aromatic ring is 1. The third-order valence-corrected chi connectivity index (χ3v) is 9.96. The summed E-state index contributed by atoms with van der Waals surface area (Å²) in [6, 6.07) is 11.4. The van der Waals surface area contributed by atoms with E-state index in [4.69, 9.17) is 24.3 Å². The van der Waals surface area contributed by atoms with Crippen molar-refractivity contribution in [2.45, 2.75) is 68.7 Å². The van der Waals surface area contributed by atoms with Gasteiger partial charge < -0.3 is 29.9 Å². The molecule has 1 saturated heterocycles. The van der Waals surface area contributed by atoms with Crippen LogP contribution in [0.2, 0.25) is 0 Å². The molecule has 1 aliphatic carbocycles. The van der Waals surface area contributed by atoms with Crippen LogP contribution in [-0.2, 0) is 23.4 Å². The number of rotatable bonds is 11. The highest BCUT2D eigenvalue weighted by Crippen LogP contribution is 2.48. The van der Waals surface area contributed by atoms with E-state index in [1.807, 2.05) is 0 Å². The minimum absolute atomic E-state index is 0.0554. The van der Waals surface area contributed by atoms with Gasteiger partial charge >= 0.3 is 19.9 Å². The van der Waals surface area contributed by atoms with Crippen LogP contribution in [0.1, 0.15) is 44.4 Å². The Morgan fingerprint density at radius 2 is 1.94 bits per heavy atom. The van der Waals surface area contributed by atoms with E-state index in [1.54, 1.807) is 30.3 Å². The predicted octanol–water partition coefficient (Wildman–Crippen LogP) is 3.46. The summed E-state index contributed by atoms with van der Waals surface area (Å²) in [5.41, 5.74) is 4.25. The highest BCUT2D eigenvalue weighted by molar-refractivity contribution is 7.52. The molecule has 14 nitrogen and oxygen atoms in total. The van der Waals surface area contributed by atoms with Crippen LogP contribution in [0.25, 0.3) is 5.52 Å². The number of hydrogen-bond donors (Lipinski definition) is 4. The van der Waals surface area contributed by atoms with Gasteiger partial charge in [-0.15, -0.1) is 0 Å². The summed E-state index contributed by atoms with van der Waals surface area (Å²) in [5.74, 6) is -2.30. The lowest BCUT2D eigenvalue weighted by molar-refractivity contribution is -0.185. The lowest BCUT2D eigenvalue weighted by Crippen LogP contribution is -2.46. The zero-order chi connectivity index (χ0) is 34.0. The van der Waals surface area contributed by atoms with E-state index in [9.17, 15) is 38.0 Å². The van der Waals surface area contributed by atoms with Crippen molar-refractivity contribution in [3.05, 3.63) is 54.5 Å². The van der Waals surface area contributed by atoms with Gasteiger partial charge in [-0.2, -0.15) is 28.6 Å². The van der Waals surface area contributed by atoms with Crippen LogP contribution in [0.3, 0.4) is 0 Å². The number of nitrogens with one attached hydrogen (secondary N) is 1. The van der Waals surface area contributed by atoms with Crippen LogP contribution >= 0.6 is 7.75 Å². The highest BCUT2D eigenvalue weighted by atomic mass is 31.2. The van der Waals surface area contributed by atoms with Gasteiger partial charge in [0.1, 0.15) is 54.6 Å². The Bertz CT molecular complexity index is 1650. The van der Waals surface area contributed by atoms with Gasteiger partial charge in [0.2, 0.25) is 5.60 Å². The normalized spacial score (nSPS) is 28.3. The summed E-state index contributed by atoms with van der Waals surface area (Å²) in [7, 11) is -4.56. The fourth-order valence-electron chi connectivity index (χ4n) is 5.64. The number of aliphatic hydroxyl groups is 2. The van der Waals surface area contributed by atoms with Crippen molar-refractivity contribution in [3.63, 3.8) is 0 Å². The lowest BCUT2D eigenvalue weighted by atomic mass is 9.82. The molecule has 47 heavy (non-hydrogen) atoms. The quantitative estimate of drug-likeness (QED) is 0.169. The molecule has 2 fully saturated rings. The van der Waals surface area contributed by atoms with Gasteiger partial charge in [-0.3, -0.25) is 9.32 Å². The SMILES string of the molecule is C[C@H](NP(=O)(OC[C@@]1(C#N)O[C@@H](c2ccc3c(N)ncnn23)[C@H](O)[C@@H]1O)Oc1ccccc1)C(=O)OC[C@H]1CC[C@H](C(F)(F)F)CC1. The van der Waals surface area contributed by atoms with E-state index < -0.39 is 62.4 Å². The average Bonchev–Trinajstić information content (AvgIpc) is 3.58. The van der Waals surface area contributed by atoms with Crippen LogP contribution in [-0.4, -0.2) is 74.0 Å². The second-order valence-corrected chi connectivity index (χ2v) is 13.3. The number of carbonyl (C=O) groups is 1. The third-order valence-electron chi connectivity index (χ3n) is 8.33. The van der Waals surface area contributed by atoms with E-state index in [0.29, 0.717) is 5.52 Å². The van der Waals surface area contributed by atoms with Crippen molar-refractivity contribution >= 4 is 25.1 Å². The minimum Gasteiger partial charge on any atom is -0.464 e. The summed E-state index contributed by atoms with van der Waals surface area (Å²) in [4.78, 5) is 16.7. The number of carbonyl (C=O) groups excluding carboxylic acids is 1. The maximum absolute atomic E-state index is 14.0. The van der Waals surface area contributed by atoms with Crippen LogP contribution < -0.4 is 15.3 Å². The number of alkyl halides is 3. The largest absolute Gasteiger partial charge is 0.464 e. The van der Waals surface area contributed by atoms with Crippen molar-refractivity contribution in [1.29, 1.82) is 5.26 Å². The molecule has 254 valence electrons. The molecular formula is C29H34F3N6O8P. The number of aromatic nitrogens is 3. The maximum atomic E-state index is 14.0. The van der Waals surface area contributed by atoms with Crippen molar-refractivity contribution in [3.8, 4) is 11.8 Å². The number of ether oxygens (including phenoxy) is 2. The number of nitrogens with zero attached hydrogens (tertiary/aromatic N) is 4. The van der Waals surface area contributed by atoms with Crippen LogP contribution in [0, 0.1) is 23.2 Å². The number of nitriles is 1. The monoisotopic (exact) mass is 682 g/mol. The number of para-hydroxylation sites is 1. The number of halogens is 3. The summed E-state index contributed by atoms with van der Waals surface area (Å²) >= 11 is 0. The van der Waals surface area contributed by atoms with Gasteiger partial charge in [0.15, 0.2) is 5.82 Å². The number of aliphatic hydroxyl groups excluding tert-OH is 2. The first-order valence-corrected chi connectivity index (χ1v) is 16.3. The Labute approximate surface area is 267 Å². The predicted molar refractivity (Wildman–Crippen MR) is 157 cm³/mol. The van der Waals surface area contributed by atoms with Crippen molar-refractivity contribution in [2.75, 3.05) is 18.9 Å². The van der Waals surface area contributed by atoms with E-state index in [1.165, 1.54) is 36.0 Å². The van der Waals surface area contributed by atoms with E-state index >= 15 is 0 Å². The van der Waals surface area contributed by atoms with Crippen molar-refractivity contribution in [1.82, 2.24) is 19.7 Å². The molecule has 18 heteroatoms. The molecule has 1 unspecified atom stereocenters. The molecule has 1 aromatic carbocycles. The smallest absolute Gasteiger partial charge is 0.459 e. The maximum Gasteiger partial charge on any atom is 0.459 e. The molecule has 0 bridgehead atoms. The molecule has 3 aromatic rings. The zero-order valence-electron chi connectivity index (χ0n) is 25.1. The van der Waals surface area contributed by atoms with Gasteiger partial charge in [0, 0.05) is 0 Å². The number of benzene rings is 1. The van der Waals surface area contributed by atoms with Gasteiger partial charge in [-0.25, -0.2) is 14.1 Å². The standard InChI is InChI=1S/C29H34F3N6O8P/c1-17(27(41)43-13-18-7-9-19(10-8-18)29(30,31)32)37-47(42,46-20-5-3-2-4-6-20)44-15-28(14-33)25(40)23(39)24(45-28)21-11-12-22-26(34)35-16-36-38(21)22/h2-6,11-12,16-19,23-25,39-40H,7-10,13,15H2,1H3,(H,37,42)(H2,34,35,36)/t17-,18-,19-,23-,24-,25-,28+,47?/m0/s1. The molecule has 1 saturated carbocycles. The molecule has 0 radical (unpaired) electrons. The second-order valence-electron chi connectivity index (χ2n) is 11.6. The number of anilines is 1. The third kappa shape index (κ3) is 7.53. The number of nitrogens with two attached hydrogens (primary N) is 1. The van der Waals surface area contributed by atoms with E-state index in [2.05, 4.69) is 15.2 Å². The fourth-order valence-corrected chi connectivity index (χ4v) is 7.16. The molecular weight excluding hydrogens is 648 g/mol. The molecule has 3 heterocycles. The first kappa shape index (κ1) is 34.6. The van der Waals surface area contributed by atoms with Crippen molar-refractivity contribution in [2.24, 2.45) is 11.8 Å². The zero-order valence-corrected chi connectivity index (χ0v) is 26.0. The summed E-state index contributed by atoms with van der Waals surface area (Å²) in [6.07, 6.45) is -7.53. The number of fused-ring (bicyclic) bond motifs is 1. The first-order valence-electron chi connectivity index (χ1n) is 14.8. The fraction of sp³-hybridized carbons (Fsp3) is 0.517. The molecule has 5 N–H and O–H groups in total. The molecule has 2 aromatic heterocycles. The average molecular weight is 683 g/mol. The van der Waals surface area contributed by atoms with Gasteiger partial charge in [0.05, 0.1) is 18.2 Å². The molecule has 6 atom stereocenters. The molecule has 0 spiro atoms. The van der Waals surface area contributed by atoms with Crippen LogP contribution in [0.15, 0.2) is 48.8 Å². The van der Waals surface area contributed by atoms with Gasteiger partial charge in [-0.05, 0) is 62.8 Å². The molecule has 0 amide bonds. The Kier molecular flexibility index (Phi) is 10.1. The topological polar surface area (TPSA) is 204 Å².